The summed E-state index contributed by atoms with van der Waals surface area (Å²) in [5.41, 5.74) is 0. The molecule has 1 aliphatic heterocycles. The van der Waals surface area contributed by atoms with Gasteiger partial charge < -0.3 is 15.3 Å². The molecule has 1 heterocycles. The third kappa shape index (κ3) is 3.72. The standard InChI is InChI=1S/C12H20N2O4/c1-7(2)11(13-8(3)15)12(18)14-5-9(6-14)4-10(16)17/h7,9,11H,4-6H2,1-3H3,(H,13,15)(H,16,17). The molecular formula is C12H20N2O4. The van der Waals surface area contributed by atoms with Crippen molar-refractivity contribution in [3.05, 3.63) is 0 Å². The van der Waals surface area contributed by atoms with E-state index in [0.717, 1.165) is 0 Å². The summed E-state index contributed by atoms with van der Waals surface area (Å²) < 4.78 is 0. The predicted molar refractivity (Wildman–Crippen MR) is 64.8 cm³/mol. The summed E-state index contributed by atoms with van der Waals surface area (Å²) >= 11 is 0. The van der Waals surface area contributed by atoms with Crippen LogP contribution in [0.5, 0.6) is 0 Å². The fourth-order valence-corrected chi connectivity index (χ4v) is 2.06. The highest BCUT2D eigenvalue weighted by molar-refractivity contribution is 5.87. The third-order valence-electron chi connectivity index (χ3n) is 3.02. The average molecular weight is 256 g/mol. The molecular weight excluding hydrogens is 236 g/mol. The van der Waals surface area contributed by atoms with Crippen LogP contribution in [0.25, 0.3) is 0 Å². The van der Waals surface area contributed by atoms with Crippen molar-refractivity contribution in [3.8, 4) is 0 Å². The lowest BCUT2D eigenvalue weighted by molar-refractivity contribution is -0.147. The van der Waals surface area contributed by atoms with Crippen LogP contribution in [-0.2, 0) is 14.4 Å². The Morgan fingerprint density at radius 1 is 1.33 bits per heavy atom. The number of amides is 2. The van der Waals surface area contributed by atoms with Crippen LogP contribution in [0.2, 0.25) is 0 Å². The van der Waals surface area contributed by atoms with Crippen LogP contribution < -0.4 is 5.32 Å². The molecule has 6 nitrogen and oxygen atoms in total. The molecule has 1 saturated heterocycles. The monoisotopic (exact) mass is 256 g/mol. The zero-order chi connectivity index (χ0) is 13.9. The number of carbonyl (C=O) groups is 3. The van der Waals surface area contributed by atoms with E-state index in [1.807, 2.05) is 13.8 Å². The minimum atomic E-state index is -0.839. The van der Waals surface area contributed by atoms with Gasteiger partial charge in [-0.2, -0.15) is 0 Å². The number of carboxylic acid groups (broad SMARTS) is 1. The molecule has 2 N–H and O–H groups in total. The van der Waals surface area contributed by atoms with E-state index >= 15 is 0 Å². The lowest BCUT2D eigenvalue weighted by Gasteiger charge is -2.41. The molecule has 1 aliphatic rings. The van der Waals surface area contributed by atoms with Gasteiger partial charge in [-0.3, -0.25) is 14.4 Å². The number of likely N-dealkylation sites (tertiary alicyclic amines) is 1. The van der Waals surface area contributed by atoms with Gasteiger partial charge in [-0.1, -0.05) is 13.8 Å². The van der Waals surface area contributed by atoms with Crippen LogP contribution in [0.4, 0.5) is 0 Å². The van der Waals surface area contributed by atoms with Crippen molar-refractivity contribution < 1.29 is 19.5 Å². The molecule has 1 atom stereocenters. The molecule has 1 fully saturated rings. The highest BCUT2D eigenvalue weighted by Gasteiger charge is 2.36. The Kier molecular flexibility index (Phi) is 4.69. The normalized spacial score (nSPS) is 17.2. The summed E-state index contributed by atoms with van der Waals surface area (Å²) in [4.78, 5) is 35.3. The predicted octanol–water partition coefficient (Wildman–Crippen LogP) is 0.0802. The number of carbonyl (C=O) groups excluding carboxylic acids is 2. The Hall–Kier alpha value is -1.59. The minimum absolute atomic E-state index is 0.0138. The van der Waals surface area contributed by atoms with Gasteiger partial charge >= 0.3 is 5.97 Å². The summed E-state index contributed by atoms with van der Waals surface area (Å²) in [5, 5.41) is 11.3. The number of aliphatic carboxylic acids is 1. The van der Waals surface area contributed by atoms with Crippen molar-refractivity contribution in [3.63, 3.8) is 0 Å². The van der Waals surface area contributed by atoms with Crippen LogP contribution in [0.3, 0.4) is 0 Å². The molecule has 0 aliphatic carbocycles. The Labute approximate surface area is 106 Å². The average Bonchev–Trinajstić information content (AvgIpc) is 2.17. The van der Waals surface area contributed by atoms with E-state index in [1.165, 1.54) is 6.92 Å². The first-order valence-electron chi connectivity index (χ1n) is 6.09. The molecule has 0 bridgehead atoms. The molecule has 0 saturated carbocycles. The summed E-state index contributed by atoms with van der Waals surface area (Å²) in [6.07, 6.45) is 0.0935. The third-order valence-corrected chi connectivity index (χ3v) is 3.02. The lowest BCUT2D eigenvalue weighted by Crippen LogP contribution is -2.58. The smallest absolute Gasteiger partial charge is 0.303 e. The number of hydrogen-bond donors (Lipinski definition) is 2. The molecule has 0 aromatic rings. The van der Waals surface area contributed by atoms with E-state index in [0.29, 0.717) is 13.1 Å². The van der Waals surface area contributed by atoms with Gasteiger partial charge in [0.15, 0.2) is 0 Å². The van der Waals surface area contributed by atoms with E-state index < -0.39 is 12.0 Å². The van der Waals surface area contributed by atoms with Gasteiger partial charge in [0.2, 0.25) is 11.8 Å². The first-order chi connectivity index (χ1) is 8.31. The largest absolute Gasteiger partial charge is 0.481 e. The van der Waals surface area contributed by atoms with Crippen LogP contribution in [-0.4, -0.2) is 46.9 Å². The second-order valence-corrected chi connectivity index (χ2v) is 5.13. The summed E-state index contributed by atoms with van der Waals surface area (Å²) in [6.45, 7) is 6.05. The number of nitrogens with zero attached hydrogens (tertiary/aromatic N) is 1. The van der Waals surface area contributed by atoms with E-state index in [1.54, 1.807) is 4.90 Å². The number of rotatable bonds is 5. The van der Waals surface area contributed by atoms with E-state index in [2.05, 4.69) is 5.32 Å². The molecule has 0 aromatic heterocycles. The van der Waals surface area contributed by atoms with Crippen LogP contribution in [0.1, 0.15) is 27.2 Å². The molecule has 102 valence electrons. The first kappa shape index (κ1) is 14.5. The summed E-state index contributed by atoms with van der Waals surface area (Å²) in [7, 11) is 0. The number of hydrogen-bond acceptors (Lipinski definition) is 3. The van der Waals surface area contributed by atoms with Gasteiger partial charge in [-0.05, 0) is 5.92 Å². The highest BCUT2D eigenvalue weighted by Crippen LogP contribution is 2.21. The van der Waals surface area contributed by atoms with Gasteiger partial charge in [0.25, 0.3) is 0 Å². The maximum Gasteiger partial charge on any atom is 0.303 e. The molecule has 1 unspecified atom stereocenters. The maximum atomic E-state index is 12.1. The van der Waals surface area contributed by atoms with Crippen molar-refractivity contribution in [1.82, 2.24) is 10.2 Å². The van der Waals surface area contributed by atoms with Crippen molar-refractivity contribution >= 4 is 17.8 Å². The fraction of sp³-hybridized carbons (Fsp3) is 0.750. The Morgan fingerprint density at radius 3 is 2.28 bits per heavy atom. The Bertz CT molecular complexity index is 348. The van der Waals surface area contributed by atoms with E-state index in [-0.39, 0.29) is 30.1 Å². The van der Waals surface area contributed by atoms with Crippen molar-refractivity contribution in [2.24, 2.45) is 11.8 Å². The van der Waals surface area contributed by atoms with Crippen molar-refractivity contribution in [2.75, 3.05) is 13.1 Å². The molecule has 2 amide bonds. The van der Waals surface area contributed by atoms with E-state index in [4.69, 9.17) is 5.11 Å². The molecule has 6 heteroatoms. The second kappa shape index (κ2) is 5.84. The summed E-state index contributed by atoms with van der Waals surface area (Å²) in [6, 6.07) is -0.520. The first-order valence-corrected chi connectivity index (χ1v) is 6.09. The van der Waals surface area contributed by atoms with Crippen LogP contribution in [0, 0.1) is 11.8 Å². The SMILES string of the molecule is CC(=O)NC(C(=O)N1CC(CC(=O)O)C1)C(C)C. The minimum Gasteiger partial charge on any atom is -0.481 e. The topological polar surface area (TPSA) is 86.7 Å². The van der Waals surface area contributed by atoms with Gasteiger partial charge in [0, 0.05) is 25.9 Å². The zero-order valence-electron chi connectivity index (χ0n) is 11.0. The quantitative estimate of drug-likeness (QED) is 0.729. The second-order valence-electron chi connectivity index (χ2n) is 5.13. The highest BCUT2D eigenvalue weighted by atomic mass is 16.4. The van der Waals surface area contributed by atoms with E-state index in [9.17, 15) is 14.4 Å². The molecule has 0 aromatic carbocycles. The number of nitrogens with one attached hydrogen (secondary N) is 1. The van der Waals surface area contributed by atoms with Crippen LogP contribution in [0.15, 0.2) is 0 Å². The fourth-order valence-electron chi connectivity index (χ4n) is 2.06. The van der Waals surface area contributed by atoms with Gasteiger partial charge in [-0.15, -0.1) is 0 Å². The lowest BCUT2D eigenvalue weighted by atomic mass is 9.93. The van der Waals surface area contributed by atoms with Crippen molar-refractivity contribution in [1.29, 1.82) is 0 Å². The Morgan fingerprint density at radius 2 is 1.89 bits per heavy atom. The Balaban J connectivity index is 2.49. The van der Waals surface area contributed by atoms with Crippen molar-refractivity contribution in [2.45, 2.75) is 33.2 Å². The summed E-state index contributed by atoms with van der Waals surface area (Å²) in [5.74, 6) is -1.14. The zero-order valence-corrected chi connectivity index (χ0v) is 11.0. The molecule has 18 heavy (non-hydrogen) atoms. The van der Waals surface area contributed by atoms with Gasteiger partial charge in [-0.25, -0.2) is 0 Å². The molecule has 0 spiro atoms. The van der Waals surface area contributed by atoms with Gasteiger partial charge in [0.05, 0.1) is 6.42 Å². The number of carboxylic acids is 1. The molecule has 1 rings (SSSR count). The van der Waals surface area contributed by atoms with Gasteiger partial charge in [0.1, 0.15) is 6.04 Å². The van der Waals surface area contributed by atoms with Crippen LogP contribution >= 0.6 is 0 Å². The maximum absolute atomic E-state index is 12.1. The molecule has 0 radical (unpaired) electrons.